The Balaban J connectivity index is 2.15. The number of methoxy groups -OCH3 is 2. The molecule has 0 fully saturated rings. The lowest BCUT2D eigenvalue weighted by Gasteiger charge is -2.26. The van der Waals surface area contributed by atoms with Gasteiger partial charge in [-0.25, -0.2) is 0 Å². The molecule has 4 nitrogen and oxygen atoms in total. The molecule has 0 aliphatic carbocycles. The van der Waals surface area contributed by atoms with Crippen molar-refractivity contribution >= 4 is 0 Å². The SMILES string of the molecule is COc1ccc(-c2cccc3c2CCNC3C)c(OC)n1. The third-order valence-electron chi connectivity index (χ3n) is 4.03. The first kappa shape index (κ1) is 13.9. The molecule has 1 aromatic carbocycles. The van der Waals surface area contributed by atoms with Crippen LogP contribution in [0.3, 0.4) is 0 Å². The van der Waals surface area contributed by atoms with E-state index in [0.29, 0.717) is 17.8 Å². The van der Waals surface area contributed by atoms with Crippen molar-refractivity contribution in [2.75, 3.05) is 20.8 Å². The first-order valence-corrected chi connectivity index (χ1v) is 7.19. The normalized spacial score (nSPS) is 17.2. The van der Waals surface area contributed by atoms with Gasteiger partial charge in [-0.1, -0.05) is 18.2 Å². The highest BCUT2D eigenvalue weighted by Crippen LogP contribution is 2.36. The minimum Gasteiger partial charge on any atom is -0.481 e. The van der Waals surface area contributed by atoms with Gasteiger partial charge in [-0.15, -0.1) is 0 Å². The average molecular weight is 284 g/mol. The van der Waals surface area contributed by atoms with Crippen LogP contribution < -0.4 is 14.8 Å². The minimum absolute atomic E-state index is 0.380. The van der Waals surface area contributed by atoms with E-state index in [2.05, 4.69) is 35.4 Å². The lowest BCUT2D eigenvalue weighted by Crippen LogP contribution is -2.28. The highest BCUT2D eigenvalue weighted by molar-refractivity contribution is 5.74. The maximum atomic E-state index is 5.45. The molecule has 1 atom stereocenters. The molecular formula is C17H20N2O2. The van der Waals surface area contributed by atoms with E-state index >= 15 is 0 Å². The Kier molecular flexibility index (Phi) is 3.80. The van der Waals surface area contributed by atoms with Gasteiger partial charge in [0.2, 0.25) is 11.8 Å². The number of benzene rings is 1. The van der Waals surface area contributed by atoms with E-state index in [1.54, 1.807) is 14.2 Å². The molecule has 3 rings (SSSR count). The molecule has 1 aromatic heterocycles. The number of hydrogen-bond acceptors (Lipinski definition) is 4. The molecule has 0 amide bonds. The number of aromatic nitrogens is 1. The molecular weight excluding hydrogens is 264 g/mol. The Morgan fingerprint density at radius 2 is 1.95 bits per heavy atom. The molecule has 0 saturated heterocycles. The molecule has 0 spiro atoms. The second-order valence-corrected chi connectivity index (χ2v) is 5.21. The van der Waals surface area contributed by atoms with Crippen molar-refractivity contribution in [3.8, 4) is 22.9 Å². The van der Waals surface area contributed by atoms with Crippen LogP contribution in [0.2, 0.25) is 0 Å². The molecule has 21 heavy (non-hydrogen) atoms. The van der Waals surface area contributed by atoms with E-state index in [1.165, 1.54) is 16.7 Å². The molecule has 1 unspecified atom stereocenters. The van der Waals surface area contributed by atoms with Crippen LogP contribution in [-0.2, 0) is 6.42 Å². The summed E-state index contributed by atoms with van der Waals surface area (Å²) in [5.41, 5.74) is 4.96. The predicted octanol–water partition coefficient (Wildman–Crippen LogP) is 2.97. The molecule has 2 heterocycles. The maximum absolute atomic E-state index is 5.45. The van der Waals surface area contributed by atoms with E-state index in [0.717, 1.165) is 18.5 Å². The highest BCUT2D eigenvalue weighted by Gasteiger charge is 2.20. The molecule has 0 bridgehead atoms. The van der Waals surface area contributed by atoms with Crippen molar-refractivity contribution in [3.63, 3.8) is 0 Å². The van der Waals surface area contributed by atoms with Crippen LogP contribution in [0.4, 0.5) is 0 Å². The molecule has 1 aliphatic rings. The molecule has 1 N–H and O–H groups in total. The van der Waals surface area contributed by atoms with Crippen molar-refractivity contribution in [3.05, 3.63) is 41.5 Å². The summed E-state index contributed by atoms with van der Waals surface area (Å²) < 4.78 is 10.6. The summed E-state index contributed by atoms with van der Waals surface area (Å²) in [5, 5.41) is 3.50. The highest BCUT2D eigenvalue weighted by atomic mass is 16.5. The van der Waals surface area contributed by atoms with E-state index in [-0.39, 0.29) is 0 Å². The lowest BCUT2D eigenvalue weighted by molar-refractivity contribution is 0.366. The minimum atomic E-state index is 0.380. The van der Waals surface area contributed by atoms with Crippen molar-refractivity contribution in [1.29, 1.82) is 0 Å². The van der Waals surface area contributed by atoms with E-state index in [9.17, 15) is 0 Å². The molecule has 0 radical (unpaired) electrons. The largest absolute Gasteiger partial charge is 0.481 e. The lowest BCUT2D eigenvalue weighted by atomic mass is 9.88. The van der Waals surface area contributed by atoms with Crippen LogP contribution >= 0.6 is 0 Å². The van der Waals surface area contributed by atoms with Gasteiger partial charge in [0.15, 0.2) is 0 Å². The maximum Gasteiger partial charge on any atom is 0.224 e. The number of nitrogens with zero attached hydrogens (tertiary/aromatic N) is 1. The molecule has 1 aliphatic heterocycles. The Morgan fingerprint density at radius 1 is 1.10 bits per heavy atom. The number of hydrogen-bond donors (Lipinski definition) is 1. The Hall–Kier alpha value is -2.07. The number of pyridine rings is 1. The standard InChI is InChI=1S/C17H20N2O2/c1-11-12-5-4-6-13(14(12)9-10-18-11)15-7-8-16(20-2)19-17(15)21-3/h4-8,11,18H,9-10H2,1-3H3. The van der Waals surface area contributed by atoms with Crippen LogP contribution in [0, 0.1) is 0 Å². The summed E-state index contributed by atoms with van der Waals surface area (Å²) >= 11 is 0. The summed E-state index contributed by atoms with van der Waals surface area (Å²) in [6.07, 6.45) is 1.02. The van der Waals surface area contributed by atoms with Gasteiger partial charge in [-0.2, -0.15) is 4.98 Å². The fourth-order valence-corrected chi connectivity index (χ4v) is 2.96. The summed E-state index contributed by atoms with van der Waals surface area (Å²) in [6.45, 7) is 3.20. The summed E-state index contributed by atoms with van der Waals surface area (Å²) in [7, 11) is 3.25. The molecule has 0 saturated carbocycles. The van der Waals surface area contributed by atoms with E-state index in [4.69, 9.17) is 9.47 Å². The van der Waals surface area contributed by atoms with Gasteiger partial charge in [0, 0.05) is 17.7 Å². The van der Waals surface area contributed by atoms with Gasteiger partial charge in [-0.3, -0.25) is 0 Å². The van der Waals surface area contributed by atoms with Gasteiger partial charge in [0.1, 0.15) is 0 Å². The van der Waals surface area contributed by atoms with Gasteiger partial charge in [0.25, 0.3) is 0 Å². The molecule has 110 valence electrons. The van der Waals surface area contributed by atoms with Crippen LogP contribution in [0.5, 0.6) is 11.8 Å². The van der Waals surface area contributed by atoms with Crippen LogP contribution in [0.25, 0.3) is 11.1 Å². The van der Waals surface area contributed by atoms with Crippen LogP contribution in [-0.4, -0.2) is 25.7 Å². The Bertz CT molecular complexity index is 655. The smallest absolute Gasteiger partial charge is 0.224 e. The number of ether oxygens (including phenoxy) is 2. The van der Waals surface area contributed by atoms with Gasteiger partial charge in [0.05, 0.1) is 14.2 Å². The zero-order chi connectivity index (χ0) is 14.8. The molecule has 4 heteroatoms. The number of fused-ring (bicyclic) bond motifs is 1. The fraction of sp³-hybridized carbons (Fsp3) is 0.353. The zero-order valence-corrected chi connectivity index (χ0v) is 12.6. The third-order valence-corrected chi connectivity index (χ3v) is 4.03. The van der Waals surface area contributed by atoms with Crippen LogP contribution in [0.1, 0.15) is 24.1 Å². The second kappa shape index (κ2) is 5.74. The second-order valence-electron chi connectivity index (χ2n) is 5.21. The van der Waals surface area contributed by atoms with Crippen molar-refractivity contribution in [2.24, 2.45) is 0 Å². The first-order valence-electron chi connectivity index (χ1n) is 7.19. The number of rotatable bonds is 3. The van der Waals surface area contributed by atoms with Crippen molar-refractivity contribution < 1.29 is 9.47 Å². The monoisotopic (exact) mass is 284 g/mol. The zero-order valence-electron chi connectivity index (χ0n) is 12.6. The Morgan fingerprint density at radius 3 is 2.71 bits per heavy atom. The fourth-order valence-electron chi connectivity index (χ4n) is 2.96. The van der Waals surface area contributed by atoms with Crippen molar-refractivity contribution in [2.45, 2.75) is 19.4 Å². The quantitative estimate of drug-likeness (QED) is 0.941. The third kappa shape index (κ3) is 2.47. The number of nitrogens with one attached hydrogen (secondary N) is 1. The Labute approximate surface area is 125 Å². The topological polar surface area (TPSA) is 43.4 Å². The van der Waals surface area contributed by atoms with E-state index < -0.39 is 0 Å². The van der Waals surface area contributed by atoms with Crippen molar-refractivity contribution in [1.82, 2.24) is 10.3 Å². The van der Waals surface area contributed by atoms with Gasteiger partial charge >= 0.3 is 0 Å². The summed E-state index contributed by atoms with van der Waals surface area (Å²) in [4.78, 5) is 4.39. The van der Waals surface area contributed by atoms with E-state index in [1.807, 2.05) is 12.1 Å². The summed E-state index contributed by atoms with van der Waals surface area (Å²) in [5.74, 6) is 1.17. The van der Waals surface area contributed by atoms with Crippen LogP contribution in [0.15, 0.2) is 30.3 Å². The average Bonchev–Trinajstić information content (AvgIpc) is 2.54. The first-order chi connectivity index (χ1) is 10.2. The summed E-state index contributed by atoms with van der Waals surface area (Å²) in [6, 6.07) is 10.7. The van der Waals surface area contributed by atoms with Gasteiger partial charge < -0.3 is 14.8 Å². The predicted molar refractivity (Wildman–Crippen MR) is 82.9 cm³/mol. The molecule has 2 aromatic rings. The van der Waals surface area contributed by atoms with Gasteiger partial charge in [-0.05, 0) is 42.6 Å².